The second-order valence-corrected chi connectivity index (χ2v) is 11.0. The highest BCUT2D eigenvalue weighted by atomic mass is 16.8. The van der Waals surface area contributed by atoms with Gasteiger partial charge in [0.15, 0.2) is 11.3 Å². The number of nitrogens with one attached hydrogen (secondary N) is 2. The number of aliphatic carboxylic acids is 1. The van der Waals surface area contributed by atoms with Crippen molar-refractivity contribution in [1.29, 1.82) is 0 Å². The van der Waals surface area contributed by atoms with E-state index < -0.39 is 35.6 Å². The lowest BCUT2D eigenvalue weighted by Crippen LogP contribution is -2.55. The zero-order valence-electron chi connectivity index (χ0n) is 25.0. The van der Waals surface area contributed by atoms with Crippen LogP contribution in [0.25, 0.3) is 5.69 Å². The molecule has 1 aliphatic carbocycles. The number of carboxylic acids is 1. The predicted octanol–water partition coefficient (Wildman–Crippen LogP) is 1.50. The lowest BCUT2D eigenvalue weighted by Gasteiger charge is -2.35. The van der Waals surface area contributed by atoms with Crippen molar-refractivity contribution in [2.45, 2.75) is 64.1 Å². The predicted molar refractivity (Wildman–Crippen MR) is 154 cm³/mol. The van der Waals surface area contributed by atoms with E-state index in [1.807, 2.05) is 6.07 Å². The van der Waals surface area contributed by atoms with Crippen LogP contribution < -0.4 is 15.4 Å². The Balaban J connectivity index is 1.50. The molecule has 3 N–H and O–H groups in total. The van der Waals surface area contributed by atoms with Crippen LogP contribution in [-0.2, 0) is 24.0 Å². The summed E-state index contributed by atoms with van der Waals surface area (Å²) >= 11 is 0. The summed E-state index contributed by atoms with van der Waals surface area (Å²) in [7, 11) is 0. The molecule has 2 heterocycles. The van der Waals surface area contributed by atoms with Crippen LogP contribution in [0.2, 0.25) is 0 Å². The van der Waals surface area contributed by atoms with Gasteiger partial charge in [-0.2, -0.15) is 5.10 Å². The fourth-order valence-corrected chi connectivity index (χ4v) is 4.42. The second kappa shape index (κ2) is 14.2. The maximum Gasteiger partial charge on any atom is 0.527 e. The Hall–Kier alpha value is -4.66. The van der Waals surface area contributed by atoms with Gasteiger partial charge in [0.05, 0.1) is 25.4 Å². The molecule has 0 radical (unpaired) electrons. The molecule has 2 aliphatic rings. The van der Waals surface area contributed by atoms with E-state index >= 15 is 0 Å². The Bertz CT molecular complexity index is 1350. The van der Waals surface area contributed by atoms with E-state index in [0.717, 1.165) is 12.8 Å². The van der Waals surface area contributed by atoms with E-state index in [4.69, 9.17) is 14.3 Å². The molecule has 1 saturated carbocycles. The zero-order chi connectivity index (χ0) is 31.9. The number of piperazine rings is 1. The van der Waals surface area contributed by atoms with E-state index in [-0.39, 0.29) is 69.2 Å². The summed E-state index contributed by atoms with van der Waals surface area (Å²) < 4.78 is 12.2. The van der Waals surface area contributed by atoms with Crippen LogP contribution >= 0.6 is 0 Å². The van der Waals surface area contributed by atoms with Crippen molar-refractivity contribution in [3.05, 3.63) is 42.1 Å². The van der Waals surface area contributed by atoms with E-state index in [1.54, 1.807) is 45.0 Å². The fraction of sp³-hybridized carbons (Fsp3) is 0.517. The van der Waals surface area contributed by atoms with Gasteiger partial charge in [0.2, 0.25) is 11.8 Å². The largest absolute Gasteiger partial charge is 0.527 e. The summed E-state index contributed by atoms with van der Waals surface area (Å²) in [6, 6.07) is 9.22. The summed E-state index contributed by atoms with van der Waals surface area (Å²) in [6.07, 6.45) is 0.458. The molecule has 0 spiro atoms. The SMILES string of the molecule is CCOC(=O)ON1CCN(C(=O)[C@H](CCC(=O)O)NC(=O)c2cc(OC(C)(C)C(=O)NC3CC3)n(-c3ccccc3)n2)CC1. The van der Waals surface area contributed by atoms with Crippen molar-refractivity contribution in [3.8, 4) is 11.6 Å². The molecule has 1 saturated heterocycles. The van der Waals surface area contributed by atoms with Gasteiger partial charge >= 0.3 is 12.1 Å². The number of aromatic nitrogens is 2. The number of carbonyl (C=O) groups is 5. The molecular formula is C29H38N6O9. The van der Waals surface area contributed by atoms with Gasteiger partial charge in [0.25, 0.3) is 11.8 Å². The molecule has 238 valence electrons. The summed E-state index contributed by atoms with van der Waals surface area (Å²) in [4.78, 5) is 69.2. The van der Waals surface area contributed by atoms with E-state index in [1.165, 1.54) is 20.7 Å². The summed E-state index contributed by atoms with van der Waals surface area (Å²) in [6.45, 7) is 5.81. The van der Waals surface area contributed by atoms with Crippen LogP contribution in [0.4, 0.5) is 4.79 Å². The molecule has 15 nitrogen and oxygen atoms in total. The number of hydrogen-bond acceptors (Lipinski definition) is 10. The van der Waals surface area contributed by atoms with Gasteiger partial charge in [-0.1, -0.05) is 18.2 Å². The van der Waals surface area contributed by atoms with Gasteiger partial charge in [-0.25, -0.2) is 9.48 Å². The van der Waals surface area contributed by atoms with Crippen LogP contribution in [0, 0.1) is 0 Å². The van der Waals surface area contributed by atoms with Gasteiger partial charge in [-0.3, -0.25) is 19.2 Å². The fourth-order valence-electron chi connectivity index (χ4n) is 4.42. The number of amides is 3. The average Bonchev–Trinajstić information content (AvgIpc) is 3.71. The molecule has 1 aromatic carbocycles. The van der Waals surface area contributed by atoms with Crippen molar-refractivity contribution in [3.63, 3.8) is 0 Å². The van der Waals surface area contributed by atoms with Crippen molar-refractivity contribution < 1.29 is 43.4 Å². The van der Waals surface area contributed by atoms with Crippen molar-refractivity contribution in [2.24, 2.45) is 0 Å². The lowest BCUT2D eigenvalue weighted by molar-refractivity contribution is -0.157. The smallest absolute Gasteiger partial charge is 0.481 e. The molecule has 0 unspecified atom stereocenters. The van der Waals surface area contributed by atoms with Gasteiger partial charge < -0.3 is 35.0 Å². The lowest BCUT2D eigenvalue weighted by atomic mass is 10.1. The third kappa shape index (κ3) is 8.69. The highest BCUT2D eigenvalue weighted by molar-refractivity contribution is 5.96. The van der Waals surface area contributed by atoms with Crippen LogP contribution in [0.3, 0.4) is 0 Å². The highest BCUT2D eigenvalue weighted by Gasteiger charge is 2.36. The van der Waals surface area contributed by atoms with Crippen LogP contribution in [0.1, 0.15) is 56.9 Å². The van der Waals surface area contributed by atoms with E-state index in [2.05, 4.69) is 15.7 Å². The Morgan fingerprint density at radius 1 is 1.07 bits per heavy atom. The Morgan fingerprint density at radius 3 is 2.36 bits per heavy atom. The number of carboxylic acid groups (broad SMARTS) is 1. The van der Waals surface area contributed by atoms with Gasteiger partial charge in [0.1, 0.15) is 6.04 Å². The summed E-state index contributed by atoms with van der Waals surface area (Å²) in [5, 5.41) is 20.6. The first kappa shape index (κ1) is 32.3. The van der Waals surface area contributed by atoms with Gasteiger partial charge in [-0.05, 0) is 52.2 Å². The maximum atomic E-state index is 13.5. The molecule has 4 rings (SSSR count). The number of ether oxygens (including phenoxy) is 2. The van der Waals surface area contributed by atoms with Crippen molar-refractivity contribution in [2.75, 3.05) is 32.8 Å². The number of carbonyl (C=O) groups excluding carboxylic acids is 4. The minimum Gasteiger partial charge on any atom is -0.481 e. The zero-order valence-corrected chi connectivity index (χ0v) is 25.0. The first-order valence-electron chi connectivity index (χ1n) is 14.5. The third-order valence-corrected chi connectivity index (χ3v) is 7.00. The molecule has 15 heteroatoms. The van der Waals surface area contributed by atoms with Gasteiger partial charge in [-0.15, -0.1) is 5.06 Å². The normalized spacial score (nSPS) is 16.0. The maximum absolute atomic E-state index is 13.5. The first-order chi connectivity index (χ1) is 21.0. The average molecular weight is 615 g/mol. The highest BCUT2D eigenvalue weighted by Crippen LogP contribution is 2.26. The molecule has 1 aliphatic heterocycles. The number of hydroxylamine groups is 2. The number of nitrogens with zero attached hydrogens (tertiary/aromatic N) is 4. The van der Waals surface area contributed by atoms with Crippen LogP contribution in [0.15, 0.2) is 36.4 Å². The number of hydrogen-bond donors (Lipinski definition) is 3. The number of para-hydroxylation sites is 1. The van der Waals surface area contributed by atoms with Crippen LogP contribution in [-0.4, -0.2) is 105 Å². The Morgan fingerprint density at radius 2 is 1.75 bits per heavy atom. The van der Waals surface area contributed by atoms with Crippen molar-refractivity contribution >= 4 is 29.8 Å². The minimum absolute atomic E-state index is 0.0944. The van der Waals surface area contributed by atoms with Gasteiger partial charge in [0, 0.05) is 31.6 Å². The Labute approximate surface area is 254 Å². The van der Waals surface area contributed by atoms with E-state index in [9.17, 15) is 29.1 Å². The second-order valence-electron chi connectivity index (χ2n) is 11.0. The summed E-state index contributed by atoms with van der Waals surface area (Å²) in [5.41, 5.74) is -0.813. The molecule has 1 atom stereocenters. The molecule has 3 amide bonds. The molecule has 1 aromatic heterocycles. The molecular weight excluding hydrogens is 576 g/mol. The number of benzene rings is 1. The van der Waals surface area contributed by atoms with Crippen molar-refractivity contribution in [1.82, 2.24) is 30.4 Å². The molecule has 44 heavy (non-hydrogen) atoms. The number of rotatable bonds is 13. The Kier molecular flexibility index (Phi) is 10.4. The molecule has 2 aromatic rings. The third-order valence-electron chi connectivity index (χ3n) is 7.00. The standard InChI is InChI=1S/C29H38N6O9/c1-4-42-28(41)44-34-16-14-33(15-17-34)26(39)21(12-13-24(36)37)31-25(38)22-18-23(35(32-22)20-8-6-5-7-9-20)43-29(2,3)27(40)30-19-10-11-19/h5-9,18-19,21H,4,10-17H2,1-3H3,(H,30,40)(H,31,38)(H,36,37)/t21-/m0/s1. The van der Waals surface area contributed by atoms with E-state index in [0.29, 0.717) is 5.69 Å². The quantitative estimate of drug-likeness (QED) is 0.278. The monoisotopic (exact) mass is 614 g/mol. The molecule has 0 bridgehead atoms. The van der Waals surface area contributed by atoms with Crippen LogP contribution in [0.5, 0.6) is 5.88 Å². The topological polar surface area (TPSA) is 182 Å². The first-order valence-corrected chi connectivity index (χ1v) is 14.5. The minimum atomic E-state index is -1.29. The molecule has 2 fully saturated rings. The summed E-state index contributed by atoms with van der Waals surface area (Å²) in [5.74, 6) is -2.51.